The van der Waals surface area contributed by atoms with Gasteiger partial charge in [0.05, 0.1) is 26.4 Å². The fraction of sp³-hybridized carbons (Fsp3) is 1.00. The molecule has 5 heteroatoms. The Morgan fingerprint density at radius 3 is 2.28 bits per heavy atom. The smallest absolute Gasteiger partial charge is 0.176 e. The van der Waals surface area contributed by atoms with Crippen LogP contribution in [0.3, 0.4) is 0 Å². The van der Waals surface area contributed by atoms with E-state index in [2.05, 4.69) is 13.8 Å². The van der Waals surface area contributed by atoms with Gasteiger partial charge in [-0.15, -0.1) is 0 Å². The van der Waals surface area contributed by atoms with Crippen molar-refractivity contribution in [3.63, 3.8) is 0 Å². The zero-order valence-electron chi connectivity index (χ0n) is 11.9. The molecular formula is C13H28O4Si. The van der Waals surface area contributed by atoms with Gasteiger partial charge in [-0.05, 0) is 24.9 Å². The standard InChI is InChI=1S/C13H28O4Si/c1-3-18(4-2)17-10-9-14-7-5-6-8-15-11-13-12-16-13/h13,18H,3-12H2,1-2H3. The average molecular weight is 276 g/mol. The molecule has 4 nitrogen and oxygen atoms in total. The second kappa shape index (κ2) is 10.9. The summed E-state index contributed by atoms with van der Waals surface area (Å²) in [5.41, 5.74) is 0. The largest absolute Gasteiger partial charge is 0.418 e. The Balaban J connectivity index is 1.69. The molecule has 1 rings (SSSR count). The number of unbranched alkanes of at least 4 members (excludes halogenated alkanes) is 1. The van der Waals surface area contributed by atoms with Crippen LogP contribution < -0.4 is 0 Å². The van der Waals surface area contributed by atoms with Gasteiger partial charge in [0.15, 0.2) is 9.04 Å². The van der Waals surface area contributed by atoms with E-state index < -0.39 is 9.04 Å². The molecule has 1 aliphatic rings. The molecule has 0 aromatic heterocycles. The Morgan fingerprint density at radius 1 is 1.00 bits per heavy atom. The molecule has 1 heterocycles. The molecule has 0 radical (unpaired) electrons. The monoisotopic (exact) mass is 276 g/mol. The van der Waals surface area contributed by atoms with Gasteiger partial charge in [0.25, 0.3) is 0 Å². The Morgan fingerprint density at radius 2 is 1.67 bits per heavy atom. The van der Waals surface area contributed by atoms with Crippen molar-refractivity contribution in [2.75, 3.05) is 39.6 Å². The van der Waals surface area contributed by atoms with Crippen molar-refractivity contribution in [3.05, 3.63) is 0 Å². The third-order valence-corrected chi connectivity index (χ3v) is 5.55. The summed E-state index contributed by atoms with van der Waals surface area (Å²) >= 11 is 0. The minimum Gasteiger partial charge on any atom is -0.418 e. The van der Waals surface area contributed by atoms with Crippen LogP contribution in [0.1, 0.15) is 26.7 Å². The van der Waals surface area contributed by atoms with Gasteiger partial charge in [0, 0.05) is 13.2 Å². The van der Waals surface area contributed by atoms with E-state index in [1.165, 1.54) is 12.1 Å². The van der Waals surface area contributed by atoms with Gasteiger partial charge in [0.2, 0.25) is 0 Å². The van der Waals surface area contributed by atoms with Gasteiger partial charge in [0.1, 0.15) is 6.10 Å². The van der Waals surface area contributed by atoms with Gasteiger partial charge >= 0.3 is 0 Å². The highest BCUT2D eigenvalue weighted by Gasteiger charge is 2.21. The molecule has 0 saturated carbocycles. The summed E-state index contributed by atoms with van der Waals surface area (Å²) < 4.78 is 21.8. The van der Waals surface area contributed by atoms with E-state index >= 15 is 0 Å². The van der Waals surface area contributed by atoms with Crippen molar-refractivity contribution in [2.24, 2.45) is 0 Å². The van der Waals surface area contributed by atoms with E-state index in [4.69, 9.17) is 18.6 Å². The van der Waals surface area contributed by atoms with Crippen molar-refractivity contribution in [1.82, 2.24) is 0 Å². The first-order chi connectivity index (χ1) is 8.86. The van der Waals surface area contributed by atoms with E-state index in [9.17, 15) is 0 Å². The van der Waals surface area contributed by atoms with Crippen LogP contribution in [-0.4, -0.2) is 54.8 Å². The summed E-state index contributed by atoms with van der Waals surface area (Å²) in [6.45, 7) is 9.21. The summed E-state index contributed by atoms with van der Waals surface area (Å²) in [7, 11) is -0.882. The highest BCUT2D eigenvalue weighted by molar-refractivity contribution is 6.51. The molecule has 0 amide bonds. The molecule has 0 aromatic rings. The fourth-order valence-electron chi connectivity index (χ4n) is 1.69. The zero-order chi connectivity index (χ0) is 13.1. The SMILES string of the molecule is CC[SiH](CC)OCCOCCCCOCC1CO1. The molecule has 0 aromatic carbocycles. The van der Waals surface area contributed by atoms with Crippen molar-refractivity contribution >= 4 is 9.04 Å². The maximum atomic E-state index is 5.79. The van der Waals surface area contributed by atoms with E-state index in [-0.39, 0.29) is 0 Å². The molecule has 1 saturated heterocycles. The first-order valence-corrected chi connectivity index (χ1v) is 9.36. The lowest BCUT2D eigenvalue weighted by Crippen LogP contribution is -2.18. The van der Waals surface area contributed by atoms with Crippen LogP contribution in [0.5, 0.6) is 0 Å². The quantitative estimate of drug-likeness (QED) is 0.293. The molecule has 108 valence electrons. The van der Waals surface area contributed by atoms with Crippen molar-refractivity contribution in [1.29, 1.82) is 0 Å². The van der Waals surface area contributed by atoms with Crippen molar-refractivity contribution in [2.45, 2.75) is 44.9 Å². The Kier molecular flexibility index (Phi) is 9.79. The van der Waals surface area contributed by atoms with E-state index in [0.717, 1.165) is 52.5 Å². The maximum Gasteiger partial charge on any atom is 0.176 e. The summed E-state index contributed by atoms with van der Waals surface area (Å²) in [5, 5.41) is 0. The van der Waals surface area contributed by atoms with Crippen molar-refractivity contribution in [3.8, 4) is 0 Å². The second-order valence-corrected chi connectivity index (χ2v) is 7.87. The topological polar surface area (TPSA) is 40.2 Å². The van der Waals surface area contributed by atoms with E-state index in [0.29, 0.717) is 6.10 Å². The molecule has 1 fully saturated rings. The number of rotatable bonds is 13. The van der Waals surface area contributed by atoms with Crippen LogP contribution in [0.4, 0.5) is 0 Å². The third kappa shape index (κ3) is 9.05. The molecule has 1 aliphatic heterocycles. The third-order valence-electron chi connectivity index (χ3n) is 3.03. The van der Waals surface area contributed by atoms with Crippen LogP contribution in [0, 0.1) is 0 Å². The molecule has 0 N–H and O–H groups in total. The minimum atomic E-state index is -0.882. The van der Waals surface area contributed by atoms with Crippen LogP contribution in [0.15, 0.2) is 0 Å². The van der Waals surface area contributed by atoms with Crippen molar-refractivity contribution < 1.29 is 18.6 Å². The van der Waals surface area contributed by atoms with Gasteiger partial charge < -0.3 is 18.6 Å². The number of epoxide rings is 1. The Hall–Kier alpha value is 0.0569. The van der Waals surface area contributed by atoms with E-state index in [1.807, 2.05) is 0 Å². The summed E-state index contributed by atoms with van der Waals surface area (Å²) in [6.07, 6.45) is 2.51. The normalized spacial score (nSPS) is 18.5. The summed E-state index contributed by atoms with van der Waals surface area (Å²) in [4.78, 5) is 0. The molecule has 0 aliphatic carbocycles. The molecule has 1 atom stereocenters. The van der Waals surface area contributed by atoms with Gasteiger partial charge in [-0.1, -0.05) is 13.8 Å². The molecular weight excluding hydrogens is 248 g/mol. The predicted octanol–water partition coefficient (Wildman–Crippen LogP) is 1.98. The maximum absolute atomic E-state index is 5.79. The fourth-order valence-corrected chi connectivity index (χ4v) is 3.17. The van der Waals surface area contributed by atoms with Gasteiger partial charge in [-0.25, -0.2) is 0 Å². The minimum absolute atomic E-state index is 0.382. The predicted molar refractivity (Wildman–Crippen MR) is 74.7 cm³/mol. The average Bonchev–Trinajstić information content (AvgIpc) is 3.20. The lowest BCUT2D eigenvalue weighted by molar-refractivity contribution is 0.0805. The molecule has 18 heavy (non-hydrogen) atoms. The number of hydrogen-bond donors (Lipinski definition) is 0. The van der Waals surface area contributed by atoms with Crippen LogP contribution >= 0.6 is 0 Å². The van der Waals surface area contributed by atoms with Gasteiger partial charge in [-0.2, -0.15) is 0 Å². The number of hydrogen-bond acceptors (Lipinski definition) is 4. The van der Waals surface area contributed by atoms with Crippen LogP contribution in [0.25, 0.3) is 0 Å². The number of ether oxygens (including phenoxy) is 3. The molecule has 0 spiro atoms. The van der Waals surface area contributed by atoms with Crippen LogP contribution in [0.2, 0.25) is 12.1 Å². The first kappa shape index (κ1) is 16.1. The highest BCUT2D eigenvalue weighted by atomic mass is 28.3. The van der Waals surface area contributed by atoms with Gasteiger partial charge in [-0.3, -0.25) is 0 Å². The Labute approximate surface area is 113 Å². The zero-order valence-corrected chi connectivity index (χ0v) is 13.0. The lowest BCUT2D eigenvalue weighted by Gasteiger charge is -2.12. The second-order valence-electron chi connectivity index (χ2n) is 4.66. The lowest BCUT2D eigenvalue weighted by atomic mass is 10.3. The summed E-state index contributed by atoms with van der Waals surface area (Å²) in [6, 6.07) is 2.44. The molecule has 0 bridgehead atoms. The Bertz CT molecular complexity index is 184. The first-order valence-electron chi connectivity index (χ1n) is 7.25. The molecule has 1 unspecified atom stereocenters. The highest BCUT2D eigenvalue weighted by Crippen LogP contribution is 2.08. The summed E-state index contributed by atoms with van der Waals surface area (Å²) in [5.74, 6) is 0. The van der Waals surface area contributed by atoms with E-state index in [1.54, 1.807) is 0 Å². The van der Waals surface area contributed by atoms with Crippen LogP contribution in [-0.2, 0) is 18.6 Å².